The molecule has 0 bridgehead atoms. The molecule has 1 atom stereocenters. The van der Waals surface area contributed by atoms with Crippen LogP contribution in [0.1, 0.15) is 18.0 Å². The molecule has 0 amide bonds. The van der Waals surface area contributed by atoms with E-state index in [2.05, 4.69) is 6.26 Å². The van der Waals surface area contributed by atoms with Crippen LogP contribution >= 0.6 is 11.8 Å². The third kappa shape index (κ3) is 3.32. The maximum Gasteiger partial charge on any atom is 0.127 e. The second-order valence-corrected chi connectivity index (χ2v) is 4.48. The fourth-order valence-electron chi connectivity index (χ4n) is 1.53. The van der Waals surface area contributed by atoms with Crippen molar-refractivity contribution in [3.05, 3.63) is 23.8 Å². The molecule has 0 aliphatic carbocycles. The maximum absolute atomic E-state index is 6.11. The summed E-state index contributed by atoms with van der Waals surface area (Å²) >= 11 is 1.80. The van der Waals surface area contributed by atoms with Gasteiger partial charge >= 0.3 is 0 Å². The van der Waals surface area contributed by atoms with Gasteiger partial charge in [0.15, 0.2) is 0 Å². The molecule has 3 nitrogen and oxygen atoms in total. The average molecular weight is 241 g/mol. The van der Waals surface area contributed by atoms with E-state index in [1.165, 1.54) is 0 Å². The zero-order valence-corrected chi connectivity index (χ0v) is 10.8. The first-order valence-corrected chi connectivity index (χ1v) is 6.58. The molecular weight excluding hydrogens is 222 g/mol. The largest absolute Gasteiger partial charge is 0.497 e. The Hall–Kier alpha value is -0.870. The minimum Gasteiger partial charge on any atom is -0.497 e. The number of thioether (sulfide) groups is 1. The van der Waals surface area contributed by atoms with Crippen LogP contribution in [0, 0.1) is 0 Å². The first kappa shape index (κ1) is 13.2. The van der Waals surface area contributed by atoms with Crippen molar-refractivity contribution in [1.29, 1.82) is 0 Å². The molecule has 0 aromatic heterocycles. The van der Waals surface area contributed by atoms with Gasteiger partial charge in [-0.25, -0.2) is 0 Å². The molecule has 16 heavy (non-hydrogen) atoms. The molecule has 0 aliphatic rings. The lowest BCUT2D eigenvalue weighted by Gasteiger charge is -2.16. The van der Waals surface area contributed by atoms with E-state index < -0.39 is 0 Å². The Balaban J connectivity index is 2.85. The van der Waals surface area contributed by atoms with Crippen molar-refractivity contribution >= 4 is 11.8 Å². The van der Waals surface area contributed by atoms with Gasteiger partial charge < -0.3 is 15.2 Å². The topological polar surface area (TPSA) is 44.5 Å². The standard InChI is InChI=1S/C12H19NO2S/c1-14-9-4-5-10(12(8-9)15-2)11(13)6-7-16-3/h4-5,8,11H,6-7,13H2,1-3H3. The summed E-state index contributed by atoms with van der Waals surface area (Å²) in [6.45, 7) is 0. The predicted molar refractivity (Wildman–Crippen MR) is 69.5 cm³/mol. The van der Waals surface area contributed by atoms with Gasteiger partial charge in [0.25, 0.3) is 0 Å². The van der Waals surface area contributed by atoms with Crippen molar-refractivity contribution in [2.75, 3.05) is 26.2 Å². The lowest BCUT2D eigenvalue weighted by molar-refractivity contribution is 0.388. The zero-order chi connectivity index (χ0) is 12.0. The van der Waals surface area contributed by atoms with E-state index in [1.54, 1.807) is 26.0 Å². The number of rotatable bonds is 6. The molecule has 0 spiro atoms. The summed E-state index contributed by atoms with van der Waals surface area (Å²) in [7, 11) is 3.29. The van der Waals surface area contributed by atoms with E-state index in [0.717, 1.165) is 29.2 Å². The van der Waals surface area contributed by atoms with Gasteiger partial charge in [0.1, 0.15) is 11.5 Å². The lowest BCUT2D eigenvalue weighted by Crippen LogP contribution is -2.12. The van der Waals surface area contributed by atoms with Crippen molar-refractivity contribution in [3.63, 3.8) is 0 Å². The maximum atomic E-state index is 6.11. The number of methoxy groups -OCH3 is 2. The third-order valence-corrected chi connectivity index (χ3v) is 3.12. The predicted octanol–water partition coefficient (Wildman–Crippen LogP) is 2.46. The molecule has 1 aromatic carbocycles. The monoisotopic (exact) mass is 241 g/mol. The second kappa shape index (κ2) is 6.66. The molecule has 1 aromatic rings. The molecule has 4 heteroatoms. The van der Waals surface area contributed by atoms with Gasteiger partial charge in [-0.05, 0) is 24.5 Å². The minimum absolute atomic E-state index is 0.0216. The summed E-state index contributed by atoms with van der Waals surface area (Å²) in [6.07, 6.45) is 3.03. The van der Waals surface area contributed by atoms with Gasteiger partial charge in [0.05, 0.1) is 14.2 Å². The van der Waals surface area contributed by atoms with Crippen LogP contribution in [0.15, 0.2) is 18.2 Å². The quantitative estimate of drug-likeness (QED) is 0.831. The molecule has 0 radical (unpaired) electrons. The van der Waals surface area contributed by atoms with Gasteiger partial charge in [-0.15, -0.1) is 0 Å². The van der Waals surface area contributed by atoms with E-state index in [4.69, 9.17) is 15.2 Å². The summed E-state index contributed by atoms with van der Waals surface area (Å²) in [5, 5.41) is 0. The first-order chi connectivity index (χ1) is 7.72. The molecule has 1 unspecified atom stereocenters. The Bertz CT molecular complexity index is 331. The smallest absolute Gasteiger partial charge is 0.127 e. The van der Waals surface area contributed by atoms with Crippen molar-refractivity contribution in [3.8, 4) is 11.5 Å². The molecule has 0 aliphatic heterocycles. The highest BCUT2D eigenvalue weighted by atomic mass is 32.2. The minimum atomic E-state index is 0.0216. The highest BCUT2D eigenvalue weighted by Gasteiger charge is 2.12. The molecule has 0 fully saturated rings. The van der Waals surface area contributed by atoms with Crippen LogP contribution in [0.5, 0.6) is 11.5 Å². The highest BCUT2D eigenvalue weighted by molar-refractivity contribution is 7.98. The number of nitrogens with two attached hydrogens (primary N) is 1. The van der Waals surface area contributed by atoms with Crippen LogP contribution in [0.3, 0.4) is 0 Å². The van der Waals surface area contributed by atoms with Gasteiger partial charge in [0.2, 0.25) is 0 Å². The summed E-state index contributed by atoms with van der Waals surface area (Å²) < 4.78 is 10.5. The molecular formula is C12H19NO2S. The van der Waals surface area contributed by atoms with Crippen LogP contribution in [-0.4, -0.2) is 26.2 Å². The summed E-state index contributed by atoms with van der Waals surface area (Å²) in [5.74, 6) is 2.64. The summed E-state index contributed by atoms with van der Waals surface area (Å²) in [6, 6.07) is 5.78. The van der Waals surface area contributed by atoms with Crippen LogP contribution in [0.2, 0.25) is 0 Å². The molecule has 90 valence electrons. The SMILES string of the molecule is COc1ccc(C(N)CCSC)c(OC)c1. The van der Waals surface area contributed by atoms with Crippen molar-refractivity contribution < 1.29 is 9.47 Å². The van der Waals surface area contributed by atoms with E-state index in [9.17, 15) is 0 Å². The second-order valence-electron chi connectivity index (χ2n) is 3.50. The Morgan fingerprint density at radius 2 is 2.06 bits per heavy atom. The Morgan fingerprint density at radius 1 is 1.31 bits per heavy atom. The van der Waals surface area contributed by atoms with Crippen LogP contribution < -0.4 is 15.2 Å². The molecule has 1 rings (SSSR count). The van der Waals surface area contributed by atoms with E-state index in [1.807, 2.05) is 18.2 Å². The summed E-state index contributed by atoms with van der Waals surface area (Å²) in [5.41, 5.74) is 7.15. The Morgan fingerprint density at radius 3 is 2.62 bits per heavy atom. The summed E-state index contributed by atoms with van der Waals surface area (Å²) in [4.78, 5) is 0. The zero-order valence-electron chi connectivity index (χ0n) is 10.0. The van der Waals surface area contributed by atoms with Crippen LogP contribution in [0.4, 0.5) is 0 Å². The van der Waals surface area contributed by atoms with E-state index in [0.29, 0.717) is 0 Å². The van der Waals surface area contributed by atoms with Gasteiger partial charge in [-0.2, -0.15) is 11.8 Å². The molecule has 0 saturated heterocycles. The number of benzene rings is 1. The van der Waals surface area contributed by atoms with Crippen molar-refractivity contribution in [2.24, 2.45) is 5.73 Å². The Kier molecular flexibility index (Phi) is 5.49. The molecule has 2 N–H and O–H groups in total. The van der Waals surface area contributed by atoms with Crippen LogP contribution in [0.25, 0.3) is 0 Å². The fraction of sp³-hybridized carbons (Fsp3) is 0.500. The number of hydrogen-bond donors (Lipinski definition) is 1. The first-order valence-electron chi connectivity index (χ1n) is 5.19. The van der Waals surface area contributed by atoms with E-state index in [-0.39, 0.29) is 6.04 Å². The molecule has 0 heterocycles. The Labute approximate surface area is 101 Å². The van der Waals surface area contributed by atoms with Gasteiger partial charge in [-0.1, -0.05) is 6.07 Å². The lowest BCUT2D eigenvalue weighted by atomic mass is 10.0. The number of ether oxygens (including phenoxy) is 2. The normalized spacial score (nSPS) is 12.2. The fourth-order valence-corrected chi connectivity index (χ4v) is 2.01. The average Bonchev–Trinajstić information content (AvgIpc) is 2.34. The molecule has 0 saturated carbocycles. The van der Waals surface area contributed by atoms with Crippen LogP contribution in [-0.2, 0) is 0 Å². The van der Waals surface area contributed by atoms with Crippen molar-refractivity contribution in [1.82, 2.24) is 0 Å². The van der Waals surface area contributed by atoms with Crippen molar-refractivity contribution in [2.45, 2.75) is 12.5 Å². The van der Waals surface area contributed by atoms with Gasteiger partial charge in [0, 0.05) is 17.7 Å². The number of hydrogen-bond acceptors (Lipinski definition) is 4. The van der Waals surface area contributed by atoms with Gasteiger partial charge in [-0.3, -0.25) is 0 Å². The third-order valence-electron chi connectivity index (χ3n) is 2.47. The van der Waals surface area contributed by atoms with E-state index >= 15 is 0 Å². The highest BCUT2D eigenvalue weighted by Crippen LogP contribution is 2.30.